The molecule has 3 nitrogen and oxygen atoms in total. The van der Waals surface area contributed by atoms with E-state index in [4.69, 9.17) is 11.6 Å². The van der Waals surface area contributed by atoms with Gasteiger partial charge in [-0.1, -0.05) is 23.7 Å². The Bertz CT molecular complexity index is 557. The van der Waals surface area contributed by atoms with E-state index in [0.717, 1.165) is 16.4 Å². The number of rotatable bonds is 4. The van der Waals surface area contributed by atoms with E-state index in [0.29, 0.717) is 0 Å². The van der Waals surface area contributed by atoms with Crippen LogP contribution in [0.4, 0.5) is 11.4 Å². The van der Waals surface area contributed by atoms with Crippen LogP contribution in [0.15, 0.2) is 42.7 Å². The lowest BCUT2D eigenvalue weighted by atomic mass is 10.1. The summed E-state index contributed by atoms with van der Waals surface area (Å²) in [6.45, 7) is 2.15. The van der Waals surface area contributed by atoms with E-state index in [2.05, 4.69) is 41.3 Å². The van der Waals surface area contributed by atoms with Crippen LogP contribution in [0.25, 0.3) is 0 Å². The molecule has 0 saturated carbocycles. The monoisotopic (exact) mass is 275 g/mol. The SMILES string of the molecule is CNc1cncc(N(C)C(C)c2cccc(Cl)c2)c1. The van der Waals surface area contributed by atoms with Crippen molar-refractivity contribution >= 4 is 23.0 Å². The highest BCUT2D eigenvalue weighted by Crippen LogP contribution is 2.27. The number of halogens is 1. The van der Waals surface area contributed by atoms with Gasteiger partial charge in [0.1, 0.15) is 0 Å². The molecule has 0 fully saturated rings. The van der Waals surface area contributed by atoms with Crippen molar-refractivity contribution < 1.29 is 0 Å². The smallest absolute Gasteiger partial charge is 0.0575 e. The highest BCUT2D eigenvalue weighted by atomic mass is 35.5. The molecule has 0 radical (unpaired) electrons. The number of hydrogen-bond acceptors (Lipinski definition) is 3. The molecular formula is C15H18ClN3. The molecule has 0 saturated heterocycles. The van der Waals surface area contributed by atoms with Crippen molar-refractivity contribution in [1.29, 1.82) is 0 Å². The largest absolute Gasteiger partial charge is 0.387 e. The highest BCUT2D eigenvalue weighted by molar-refractivity contribution is 6.30. The number of anilines is 2. The molecule has 0 bridgehead atoms. The van der Waals surface area contributed by atoms with E-state index in [1.54, 1.807) is 6.20 Å². The van der Waals surface area contributed by atoms with Crippen LogP contribution in [0.2, 0.25) is 5.02 Å². The quantitative estimate of drug-likeness (QED) is 0.915. The molecule has 1 heterocycles. The second kappa shape index (κ2) is 5.93. The fraction of sp³-hybridized carbons (Fsp3) is 0.267. The number of hydrogen-bond donors (Lipinski definition) is 1. The summed E-state index contributed by atoms with van der Waals surface area (Å²) in [6.07, 6.45) is 3.67. The molecule has 100 valence electrons. The second-order valence-electron chi connectivity index (χ2n) is 4.52. The summed E-state index contributed by atoms with van der Waals surface area (Å²) in [5, 5.41) is 3.86. The molecule has 0 spiro atoms. The molecule has 2 aromatic rings. The van der Waals surface area contributed by atoms with Crippen LogP contribution in [-0.4, -0.2) is 19.1 Å². The normalized spacial score (nSPS) is 12.0. The van der Waals surface area contributed by atoms with Gasteiger partial charge in [-0.25, -0.2) is 0 Å². The number of aromatic nitrogens is 1. The Morgan fingerprint density at radius 2 is 2.05 bits per heavy atom. The predicted molar refractivity (Wildman–Crippen MR) is 82.1 cm³/mol. The summed E-state index contributed by atoms with van der Waals surface area (Å²) in [5.41, 5.74) is 3.26. The lowest BCUT2D eigenvalue weighted by Gasteiger charge is -2.27. The third kappa shape index (κ3) is 3.18. The number of nitrogens with zero attached hydrogens (tertiary/aromatic N) is 2. The van der Waals surface area contributed by atoms with E-state index in [1.807, 2.05) is 31.4 Å². The summed E-state index contributed by atoms with van der Waals surface area (Å²) in [7, 11) is 3.95. The molecule has 1 atom stereocenters. The predicted octanol–water partition coefficient (Wildman–Crippen LogP) is 3.97. The summed E-state index contributed by atoms with van der Waals surface area (Å²) < 4.78 is 0. The van der Waals surface area contributed by atoms with E-state index in [1.165, 1.54) is 5.56 Å². The Kier molecular flexibility index (Phi) is 4.27. The summed E-state index contributed by atoms with van der Waals surface area (Å²) in [4.78, 5) is 6.42. The Labute approximate surface area is 119 Å². The van der Waals surface area contributed by atoms with E-state index in [-0.39, 0.29) is 6.04 Å². The van der Waals surface area contributed by atoms with E-state index in [9.17, 15) is 0 Å². The minimum atomic E-state index is 0.229. The standard InChI is InChI=1S/C15H18ClN3/c1-11(12-5-4-6-13(16)7-12)19(3)15-8-14(17-2)9-18-10-15/h4-11,17H,1-3H3. The maximum atomic E-state index is 6.05. The topological polar surface area (TPSA) is 28.2 Å². The van der Waals surface area contributed by atoms with Gasteiger partial charge in [0.2, 0.25) is 0 Å². The Morgan fingerprint density at radius 1 is 1.26 bits per heavy atom. The molecule has 0 aliphatic heterocycles. The van der Waals surface area contributed by atoms with Crippen molar-refractivity contribution in [2.24, 2.45) is 0 Å². The minimum absolute atomic E-state index is 0.229. The summed E-state index contributed by atoms with van der Waals surface area (Å²) in [5.74, 6) is 0. The maximum Gasteiger partial charge on any atom is 0.0575 e. The van der Waals surface area contributed by atoms with Gasteiger partial charge >= 0.3 is 0 Å². The van der Waals surface area contributed by atoms with Crippen molar-refractivity contribution in [2.45, 2.75) is 13.0 Å². The number of pyridine rings is 1. The van der Waals surface area contributed by atoms with Crippen LogP contribution in [0, 0.1) is 0 Å². The highest BCUT2D eigenvalue weighted by Gasteiger charge is 2.13. The zero-order chi connectivity index (χ0) is 13.8. The average Bonchev–Trinajstić information content (AvgIpc) is 2.45. The Hall–Kier alpha value is -1.74. The molecule has 1 aromatic heterocycles. The van der Waals surface area contributed by atoms with E-state index < -0.39 is 0 Å². The fourth-order valence-electron chi connectivity index (χ4n) is 1.97. The molecule has 1 aromatic carbocycles. The van der Waals surface area contributed by atoms with Crippen LogP contribution < -0.4 is 10.2 Å². The van der Waals surface area contributed by atoms with Gasteiger partial charge in [-0.15, -0.1) is 0 Å². The molecule has 1 N–H and O–H groups in total. The average molecular weight is 276 g/mol. The van der Waals surface area contributed by atoms with Gasteiger partial charge in [0, 0.05) is 19.1 Å². The van der Waals surface area contributed by atoms with Crippen molar-refractivity contribution in [1.82, 2.24) is 4.98 Å². The van der Waals surface area contributed by atoms with Crippen LogP contribution in [0.5, 0.6) is 0 Å². The van der Waals surface area contributed by atoms with Gasteiger partial charge in [0.05, 0.1) is 29.8 Å². The van der Waals surface area contributed by atoms with Crippen LogP contribution in [0.1, 0.15) is 18.5 Å². The summed E-state index contributed by atoms with van der Waals surface area (Å²) >= 11 is 6.05. The van der Waals surface area contributed by atoms with Crippen molar-refractivity contribution in [3.63, 3.8) is 0 Å². The molecule has 0 aliphatic rings. The summed E-state index contributed by atoms with van der Waals surface area (Å²) in [6, 6.07) is 10.3. The van der Waals surface area contributed by atoms with Gasteiger partial charge in [0.15, 0.2) is 0 Å². The van der Waals surface area contributed by atoms with Gasteiger partial charge in [-0.2, -0.15) is 0 Å². The first-order valence-electron chi connectivity index (χ1n) is 6.23. The fourth-order valence-corrected chi connectivity index (χ4v) is 2.17. The lowest BCUT2D eigenvalue weighted by molar-refractivity contribution is 0.738. The van der Waals surface area contributed by atoms with Crippen molar-refractivity contribution in [3.8, 4) is 0 Å². The van der Waals surface area contributed by atoms with Gasteiger partial charge in [-0.05, 0) is 30.7 Å². The number of benzene rings is 1. The van der Waals surface area contributed by atoms with Gasteiger partial charge < -0.3 is 10.2 Å². The minimum Gasteiger partial charge on any atom is -0.387 e. The molecule has 0 aliphatic carbocycles. The molecule has 0 amide bonds. The van der Waals surface area contributed by atoms with Gasteiger partial charge in [-0.3, -0.25) is 4.98 Å². The molecule has 4 heteroatoms. The third-order valence-electron chi connectivity index (χ3n) is 3.33. The molecule has 2 rings (SSSR count). The first-order valence-corrected chi connectivity index (χ1v) is 6.60. The molecule has 19 heavy (non-hydrogen) atoms. The molecular weight excluding hydrogens is 258 g/mol. The third-order valence-corrected chi connectivity index (χ3v) is 3.57. The first-order chi connectivity index (χ1) is 9.11. The number of nitrogens with one attached hydrogen (secondary N) is 1. The van der Waals surface area contributed by atoms with Crippen LogP contribution >= 0.6 is 11.6 Å². The maximum absolute atomic E-state index is 6.05. The van der Waals surface area contributed by atoms with E-state index >= 15 is 0 Å². The lowest BCUT2D eigenvalue weighted by Crippen LogP contribution is -2.21. The zero-order valence-electron chi connectivity index (χ0n) is 11.4. The van der Waals surface area contributed by atoms with Crippen LogP contribution in [-0.2, 0) is 0 Å². The van der Waals surface area contributed by atoms with Crippen molar-refractivity contribution in [3.05, 3.63) is 53.3 Å². The second-order valence-corrected chi connectivity index (χ2v) is 4.96. The first kappa shape index (κ1) is 13.7. The zero-order valence-corrected chi connectivity index (χ0v) is 12.1. The van der Waals surface area contributed by atoms with Gasteiger partial charge in [0.25, 0.3) is 0 Å². The van der Waals surface area contributed by atoms with Crippen molar-refractivity contribution in [2.75, 3.05) is 24.3 Å². The Balaban J connectivity index is 2.25. The molecule has 1 unspecified atom stereocenters. The van der Waals surface area contributed by atoms with Crippen LogP contribution in [0.3, 0.4) is 0 Å². The Morgan fingerprint density at radius 3 is 2.74 bits per heavy atom.